The van der Waals surface area contributed by atoms with Crippen molar-refractivity contribution in [3.8, 4) is 0 Å². The molecule has 1 aliphatic rings. The third kappa shape index (κ3) is 4.62. The average molecular weight is 455 g/mol. The Kier molecular flexibility index (Phi) is 6.60. The van der Waals surface area contributed by atoms with Crippen LogP contribution >= 0.6 is 23.4 Å². The zero-order chi connectivity index (χ0) is 21.2. The Balaban J connectivity index is 1.84. The third-order valence-corrected chi connectivity index (χ3v) is 8.25. The number of nitrogens with one attached hydrogen (secondary N) is 1. The van der Waals surface area contributed by atoms with Crippen molar-refractivity contribution in [3.63, 3.8) is 0 Å². The molecule has 1 aliphatic heterocycles. The molecule has 0 bridgehead atoms. The van der Waals surface area contributed by atoms with Gasteiger partial charge in [-0.3, -0.25) is 4.58 Å². The summed E-state index contributed by atoms with van der Waals surface area (Å²) in [5.74, 6) is 0.388. The molecule has 3 rings (SSSR count). The Morgan fingerprint density at radius 1 is 1.24 bits per heavy atom. The van der Waals surface area contributed by atoms with Crippen molar-refractivity contribution >= 4 is 38.6 Å². The van der Waals surface area contributed by atoms with Crippen molar-refractivity contribution in [3.05, 3.63) is 64.7 Å². The highest BCUT2D eigenvalue weighted by atomic mass is 35.5. The number of thioether (sulfide) groups is 1. The zero-order valence-electron chi connectivity index (χ0n) is 16.6. The van der Waals surface area contributed by atoms with Crippen LogP contribution in [0, 0.1) is 0 Å². The fourth-order valence-electron chi connectivity index (χ4n) is 3.23. The molecule has 29 heavy (non-hydrogen) atoms. The van der Waals surface area contributed by atoms with Gasteiger partial charge in [-0.15, -0.1) is 0 Å². The zero-order valence-corrected chi connectivity index (χ0v) is 19.0. The lowest BCUT2D eigenvalue weighted by molar-refractivity contribution is -0.467. The summed E-state index contributed by atoms with van der Waals surface area (Å²) in [6.45, 7) is 0.255. The fraction of sp³-hybridized carbons (Fsp3) is 0.350. The van der Waals surface area contributed by atoms with Gasteiger partial charge in [-0.2, -0.15) is 0 Å². The molecule has 1 unspecified atom stereocenters. The molecule has 1 fully saturated rings. The monoisotopic (exact) mass is 454 g/mol. The quantitative estimate of drug-likeness (QED) is 0.655. The Labute approximate surface area is 181 Å². The summed E-state index contributed by atoms with van der Waals surface area (Å²) in [4.78, 5) is 1.72. The van der Waals surface area contributed by atoms with Gasteiger partial charge in [0.1, 0.15) is 4.90 Å². The van der Waals surface area contributed by atoms with E-state index in [-0.39, 0.29) is 16.5 Å². The summed E-state index contributed by atoms with van der Waals surface area (Å²) in [6.07, 6.45) is 0.571. The van der Waals surface area contributed by atoms with E-state index in [4.69, 9.17) is 11.6 Å². The second kappa shape index (κ2) is 8.65. The van der Waals surface area contributed by atoms with E-state index in [1.807, 2.05) is 49.0 Å². The van der Waals surface area contributed by atoms with E-state index in [0.29, 0.717) is 17.7 Å². The first-order chi connectivity index (χ1) is 13.6. The Bertz CT molecular complexity index is 1020. The number of hydrogen-bond acceptors (Lipinski definition) is 4. The predicted octanol–water partition coefficient (Wildman–Crippen LogP) is 2.31. The summed E-state index contributed by atoms with van der Waals surface area (Å²) < 4.78 is 30.2. The van der Waals surface area contributed by atoms with E-state index in [1.54, 1.807) is 18.0 Å². The number of benzene rings is 2. The van der Waals surface area contributed by atoms with E-state index in [9.17, 15) is 13.5 Å². The summed E-state index contributed by atoms with van der Waals surface area (Å²) in [5, 5.41) is 12.3. The van der Waals surface area contributed by atoms with Gasteiger partial charge in [0.2, 0.25) is 15.7 Å². The molecule has 2 aromatic rings. The maximum Gasteiger partial charge on any atom is 0.310 e. The van der Waals surface area contributed by atoms with Crippen LogP contribution in [-0.4, -0.2) is 61.6 Å². The number of aliphatic hydroxyl groups is 1. The van der Waals surface area contributed by atoms with Crippen LogP contribution in [0.25, 0.3) is 0 Å². The highest BCUT2D eigenvalue weighted by molar-refractivity contribution is 8.13. The van der Waals surface area contributed by atoms with Gasteiger partial charge in [0.25, 0.3) is 0 Å². The highest BCUT2D eigenvalue weighted by Crippen LogP contribution is 2.39. The lowest BCUT2D eigenvalue weighted by atomic mass is 10.0. The molecule has 0 spiro atoms. The number of sulfonamides is 1. The van der Waals surface area contributed by atoms with E-state index in [0.717, 1.165) is 10.7 Å². The lowest BCUT2D eigenvalue weighted by Crippen LogP contribution is -2.44. The largest absolute Gasteiger partial charge is 0.349 e. The minimum absolute atomic E-state index is 0.0325. The molecule has 2 N–H and O–H groups in total. The molecule has 1 heterocycles. The molecule has 9 heteroatoms. The maximum absolute atomic E-state index is 12.9. The van der Waals surface area contributed by atoms with Crippen molar-refractivity contribution in [1.29, 1.82) is 0 Å². The van der Waals surface area contributed by atoms with Crippen molar-refractivity contribution in [2.75, 3.05) is 33.4 Å². The SMILES string of the molecule is CN1C(=[N+](C)C)SCC1(O)c1ccc(Cl)c(S(=O)(=O)NCCc2ccccc2)c1. The molecule has 1 saturated heterocycles. The van der Waals surface area contributed by atoms with Gasteiger partial charge in [0, 0.05) is 12.1 Å². The van der Waals surface area contributed by atoms with E-state index in [2.05, 4.69) is 4.72 Å². The predicted molar refractivity (Wildman–Crippen MR) is 118 cm³/mol. The molecular formula is C20H25ClN3O3S2+. The van der Waals surface area contributed by atoms with Gasteiger partial charge in [-0.1, -0.05) is 48.0 Å². The van der Waals surface area contributed by atoms with Gasteiger partial charge in [-0.05, 0) is 35.9 Å². The van der Waals surface area contributed by atoms with Gasteiger partial charge in [-0.25, -0.2) is 18.0 Å². The van der Waals surface area contributed by atoms with Gasteiger partial charge in [0.15, 0.2) is 0 Å². The van der Waals surface area contributed by atoms with Crippen LogP contribution in [-0.2, 0) is 22.2 Å². The van der Waals surface area contributed by atoms with E-state index >= 15 is 0 Å². The van der Waals surface area contributed by atoms with Crippen LogP contribution in [0.5, 0.6) is 0 Å². The van der Waals surface area contributed by atoms with Crippen molar-refractivity contribution in [1.82, 2.24) is 9.62 Å². The molecule has 0 aromatic heterocycles. The number of rotatable bonds is 6. The molecule has 1 atom stereocenters. The average Bonchev–Trinajstić information content (AvgIpc) is 2.99. The Morgan fingerprint density at radius 2 is 1.93 bits per heavy atom. The van der Waals surface area contributed by atoms with Crippen molar-refractivity contribution < 1.29 is 18.1 Å². The molecule has 0 aliphatic carbocycles. The molecule has 0 amide bonds. The van der Waals surface area contributed by atoms with Gasteiger partial charge < -0.3 is 5.11 Å². The lowest BCUT2D eigenvalue weighted by Gasteiger charge is -2.26. The molecule has 156 valence electrons. The summed E-state index contributed by atoms with van der Waals surface area (Å²) in [6, 6.07) is 14.3. The highest BCUT2D eigenvalue weighted by Gasteiger charge is 2.49. The second-order valence-electron chi connectivity index (χ2n) is 7.12. The van der Waals surface area contributed by atoms with Crippen molar-refractivity contribution in [2.45, 2.75) is 17.0 Å². The first kappa shape index (κ1) is 22.1. The Morgan fingerprint density at radius 3 is 2.55 bits per heavy atom. The van der Waals surface area contributed by atoms with Crippen LogP contribution in [0.15, 0.2) is 53.4 Å². The number of nitrogens with zero attached hydrogens (tertiary/aromatic N) is 2. The summed E-state index contributed by atoms with van der Waals surface area (Å²) in [7, 11) is 1.77. The van der Waals surface area contributed by atoms with Gasteiger partial charge >= 0.3 is 5.17 Å². The third-order valence-electron chi connectivity index (χ3n) is 4.86. The minimum atomic E-state index is -3.82. The Hall–Kier alpha value is -1.58. The molecule has 0 radical (unpaired) electrons. The van der Waals surface area contributed by atoms with Crippen LogP contribution in [0.1, 0.15) is 11.1 Å². The smallest absolute Gasteiger partial charge is 0.310 e. The van der Waals surface area contributed by atoms with Crippen LogP contribution in [0.4, 0.5) is 0 Å². The first-order valence-electron chi connectivity index (χ1n) is 9.12. The van der Waals surface area contributed by atoms with Gasteiger partial charge in [0.05, 0.1) is 31.9 Å². The first-order valence-corrected chi connectivity index (χ1v) is 12.0. The topological polar surface area (TPSA) is 72.6 Å². The van der Waals surface area contributed by atoms with E-state index in [1.165, 1.54) is 23.9 Å². The molecule has 2 aromatic carbocycles. The molecular weight excluding hydrogens is 430 g/mol. The molecule has 0 saturated carbocycles. The van der Waals surface area contributed by atoms with Crippen LogP contribution < -0.4 is 4.72 Å². The fourth-order valence-corrected chi connectivity index (χ4v) is 6.08. The normalized spacial score (nSPS) is 19.6. The second-order valence-corrected chi connectivity index (χ2v) is 10.2. The number of halogens is 1. The minimum Gasteiger partial charge on any atom is -0.349 e. The summed E-state index contributed by atoms with van der Waals surface area (Å²) in [5.41, 5.74) is 0.210. The summed E-state index contributed by atoms with van der Waals surface area (Å²) >= 11 is 7.72. The van der Waals surface area contributed by atoms with Crippen LogP contribution in [0.2, 0.25) is 5.02 Å². The standard InChI is InChI=1S/C20H25ClN3O3S2/c1-23(2)19-24(3)20(25,14-28-19)16-9-10-17(21)18(13-16)29(26,27)22-12-11-15-7-5-4-6-8-15/h4-10,13,22,25H,11-12,14H2,1-3H3/q+1. The van der Waals surface area contributed by atoms with Crippen LogP contribution in [0.3, 0.4) is 0 Å². The number of hydrogen-bond donors (Lipinski definition) is 2. The molecule has 6 nitrogen and oxygen atoms in total. The number of amidine groups is 1. The van der Waals surface area contributed by atoms with Crippen molar-refractivity contribution in [2.24, 2.45) is 0 Å². The maximum atomic E-state index is 12.9. The van der Waals surface area contributed by atoms with E-state index < -0.39 is 15.7 Å².